The van der Waals surface area contributed by atoms with E-state index in [4.69, 9.17) is 4.74 Å². The van der Waals surface area contributed by atoms with Crippen LogP contribution in [0, 0.1) is 6.92 Å². The van der Waals surface area contributed by atoms with E-state index in [0.717, 1.165) is 22.8 Å². The number of carbonyl (C=O) groups is 1. The molecule has 0 aliphatic carbocycles. The Morgan fingerprint density at radius 1 is 1.18 bits per heavy atom. The summed E-state index contributed by atoms with van der Waals surface area (Å²) in [7, 11) is 0. The lowest BCUT2D eigenvalue weighted by Gasteiger charge is -2.28. The number of aromatic hydroxyl groups is 1. The van der Waals surface area contributed by atoms with Gasteiger partial charge in [0.05, 0.1) is 0 Å². The number of esters is 1. The lowest BCUT2D eigenvalue weighted by molar-refractivity contribution is -0.129. The summed E-state index contributed by atoms with van der Waals surface area (Å²) >= 11 is 0. The van der Waals surface area contributed by atoms with Crippen LogP contribution in [0.5, 0.6) is 11.5 Å². The fourth-order valence-corrected chi connectivity index (χ4v) is 2.41. The van der Waals surface area contributed by atoms with Crippen LogP contribution in [-0.4, -0.2) is 11.1 Å². The van der Waals surface area contributed by atoms with Gasteiger partial charge >= 0.3 is 5.97 Å². The second kappa shape index (κ2) is 6.06. The van der Waals surface area contributed by atoms with Gasteiger partial charge in [0.1, 0.15) is 11.5 Å². The molecule has 0 unspecified atom stereocenters. The Bertz CT molecular complexity index is 697. The van der Waals surface area contributed by atoms with Gasteiger partial charge in [-0.25, -0.2) is 4.79 Å². The van der Waals surface area contributed by atoms with E-state index < -0.39 is 5.97 Å². The molecule has 0 saturated carbocycles. The molecule has 0 saturated heterocycles. The van der Waals surface area contributed by atoms with E-state index in [9.17, 15) is 9.90 Å². The van der Waals surface area contributed by atoms with Gasteiger partial charge in [-0.3, -0.25) is 0 Å². The minimum absolute atomic E-state index is 0.224. The van der Waals surface area contributed by atoms with Crippen LogP contribution in [0.15, 0.2) is 55.1 Å². The monoisotopic (exact) mass is 296 g/mol. The summed E-state index contributed by atoms with van der Waals surface area (Å²) in [5.74, 6) is 0.276. The van der Waals surface area contributed by atoms with Crippen LogP contribution in [0.3, 0.4) is 0 Å². The van der Waals surface area contributed by atoms with Crippen molar-refractivity contribution in [2.75, 3.05) is 0 Å². The standard InChI is InChI=1S/C19H20O3/c1-5-18(21)22-17-12-13(2)6-11-16(17)19(3,4)14-7-9-15(20)10-8-14/h5-12,20H,1H2,2-4H3. The fourth-order valence-electron chi connectivity index (χ4n) is 2.41. The number of carbonyl (C=O) groups excluding carboxylic acids is 1. The molecule has 0 fully saturated rings. The van der Waals surface area contributed by atoms with Crippen LogP contribution >= 0.6 is 0 Å². The maximum atomic E-state index is 11.6. The molecule has 0 amide bonds. The molecule has 0 aliphatic heterocycles. The van der Waals surface area contributed by atoms with E-state index in [2.05, 4.69) is 20.4 Å². The first kappa shape index (κ1) is 15.8. The average molecular weight is 296 g/mol. The maximum absolute atomic E-state index is 11.6. The summed E-state index contributed by atoms with van der Waals surface area (Å²) < 4.78 is 5.40. The van der Waals surface area contributed by atoms with E-state index in [1.54, 1.807) is 12.1 Å². The zero-order valence-electron chi connectivity index (χ0n) is 13.1. The Morgan fingerprint density at radius 2 is 1.82 bits per heavy atom. The number of phenols is 1. The van der Waals surface area contributed by atoms with Crippen LogP contribution in [-0.2, 0) is 10.2 Å². The molecule has 0 atom stereocenters. The summed E-state index contributed by atoms with van der Waals surface area (Å²) in [6, 6.07) is 12.8. The first-order chi connectivity index (χ1) is 10.3. The van der Waals surface area contributed by atoms with Crippen molar-refractivity contribution in [1.82, 2.24) is 0 Å². The third kappa shape index (κ3) is 3.19. The van der Waals surface area contributed by atoms with Crippen molar-refractivity contribution in [1.29, 1.82) is 0 Å². The van der Waals surface area contributed by atoms with Crippen LogP contribution in [0.4, 0.5) is 0 Å². The van der Waals surface area contributed by atoms with E-state index in [-0.39, 0.29) is 11.2 Å². The normalized spacial score (nSPS) is 11.0. The van der Waals surface area contributed by atoms with Crippen molar-refractivity contribution < 1.29 is 14.6 Å². The van der Waals surface area contributed by atoms with Gasteiger partial charge in [0.15, 0.2) is 0 Å². The lowest BCUT2D eigenvalue weighted by Crippen LogP contribution is -2.21. The topological polar surface area (TPSA) is 46.5 Å². The molecule has 114 valence electrons. The molecule has 3 heteroatoms. The Kier molecular flexibility index (Phi) is 4.36. The Hall–Kier alpha value is -2.55. The molecule has 2 aromatic carbocycles. The number of hydrogen-bond acceptors (Lipinski definition) is 3. The molecule has 3 nitrogen and oxygen atoms in total. The molecule has 0 aromatic heterocycles. The van der Waals surface area contributed by atoms with E-state index in [1.165, 1.54) is 0 Å². The van der Waals surface area contributed by atoms with E-state index in [1.807, 2.05) is 37.3 Å². The molecular formula is C19H20O3. The van der Waals surface area contributed by atoms with Gasteiger partial charge in [0.2, 0.25) is 0 Å². The van der Waals surface area contributed by atoms with Crippen LogP contribution < -0.4 is 4.74 Å². The molecule has 0 bridgehead atoms. The van der Waals surface area contributed by atoms with Gasteiger partial charge < -0.3 is 9.84 Å². The summed E-state index contributed by atoms with van der Waals surface area (Å²) in [4.78, 5) is 11.6. The molecular weight excluding hydrogens is 276 g/mol. The van der Waals surface area contributed by atoms with Crippen molar-refractivity contribution in [3.05, 3.63) is 71.8 Å². The highest BCUT2D eigenvalue weighted by molar-refractivity contribution is 5.83. The Morgan fingerprint density at radius 3 is 2.41 bits per heavy atom. The first-order valence-electron chi connectivity index (χ1n) is 7.09. The zero-order chi connectivity index (χ0) is 16.3. The van der Waals surface area contributed by atoms with E-state index in [0.29, 0.717) is 5.75 Å². The second-order valence-electron chi connectivity index (χ2n) is 5.80. The molecule has 2 rings (SSSR count). The van der Waals surface area contributed by atoms with Gasteiger partial charge in [-0.1, -0.05) is 44.7 Å². The highest BCUT2D eigenvalue weighted by Crippen LogP contribution is 2.38. The number of benzene rings is 2. The van der Waals surface area contributed by atoms with Crippen molar-refractivity contribution in [3.8, 4) is 11.5 Å². The maximum Gasteiger partial charge on any atom is 0.335 e. The number of hydrogen-bond donors (Lipinski definition) is 1. The Balaban J connectivity index is 2.51. The van der Waals surface area contributed by atoms with Gasteiger partial charge in [0, 0.05) is 17.1 Å². The lowest BCUT2D eigenvalue weighted by atomic mass is 9.77. The fraction of sp³-hybridized carbons (Fsp3) is 0.211. The number of ether oxygens (including phenoxy) is 1. The van der Waals surface area contributed by atoms with Gasteiger partial charge in [0.25, 0.3) is 0 Å². The van der Waals surface area contributed by atoms with Crippen molar-refractivity contribution in [2.24, 2.45) is 0 Å². The summed E-state index contributed by atoms with van der Waals surface area (Å²) in [5, 5.41) is 9.45. The number of phenolic OH excluding ortho intramolecular Hbond substituents is 1. The zero-order valence-corrected chi connectivity index (χ0v) is 13.1. The molecule has 2 aromatic rings. The average Bonchev–Trinajstić information content (AvgIpc) is 2.47. The predicted octanol–water partition coefficient (Wildman–Crippen LogP) is 4.12. The summed E-state index contributed by atoms with van der Waals surface area (Å²) in [6.07, 6.45) is 1.15. The largest absolute Gasteiger partial charge is 0.508 e. The quantitative estimate of drug-likeness (QED) is 0.524. The van der Waals surface area contributed by atoms with Gasteiger partial charge in [-0.05, 0) is 36.2 Å². The molecule has 0 heterocycles. The second-order valence-corrected chi connectivity index (χ2v) is 5.80. The van der Waals surface area contributed by atoms with Crippen molar-refractivity contribution in [2.45, 2.75) is 26.2 Å². The van der Waals surface area contributed by atoms with Crippen LogP contribution in [0.25, 0.3) is 0 Å². The molecule has 1 N–H and O–H groups in total. The number of aryl methyl sites for hydroxylation is 1. The summed E-state index contributed by atoms with van der Waals surface area (Å²) in [5.41, 5.74) is 2.55. The van der Waals surface area contributed by atoms with E-state index >= 15 is 0 Å². The van der Waals surface area contributed by atoms with Crippen molar-refractivity contribution >= 4 is 5.97 Å². The smallest absolute Gasteiger partial charge is 0.335 e. The highest BCUT2D eigenvalue weighted by atomic mass is 16.5. The third-order valence-corrected chi connectivity index (χ3v) is 3.78. The molecule has 0 spiro atoms. The van der Waals surface area contributed by atoms with Gasteiger partial charge in [-0.15, -0.1) is 0 Å². The first-order valence-corrected chi connectivity index (χ1v) is 7.09. The minimum Gasteiger partial charge on any atom is -0.508 e. The number of rotatable bonds is 4. The van der Waals surface area contributed by atoms with Crippen molar-refractivity contribution in [3.63, 3.8) is 0 Å². The van der Waals surface area contributed by atoms with Crippen LogP contribution in [0.1, 0.15) is 30.5 Å². The highest BCUT2D eigenvalue weighted by Gasteiger charge is 2.27. The third-order valence-electron chi connectivity index (χ3n) is 3.78. The molecule has 22 heavy (non-hydrogen) atoms. The van der Waals surface area contributed by atoms with Crippen LogP contribution in [0.2, 0.25) is 0 Å². The van der Waals surface area contributed by atoms with Gasteiger partial charge in [-0.2, -0.15) is 0 Å². The molecule has 0 radical (unpaired) electrons. The Labute approximate surface area is 130 Å². The summed E-state index contributed by atoms with van der Waals surface area (Å²) in [6.45, 7) is 9.49. The predicted molar refractivity (Wildman–Crippen MR) is 87.2 cm³/mol. The minimum atomic E-state index is -0.478. The SMILES string of the molecule is C=CC(=O)Oc1cc(C)ccc1C(C)(C)c1ccc(O)cc1. The molecule has 0 aliphatic rings.